The molecule has 1 unspecified atom stereocenters. The number of hydrogen-bond acceptors (Lipinski definition) is 3. The number of benzene rings is 6. The molecule has 1 aliphatic heterocycles. The van der Waals surface area contributed by atoms with Gasteiger partial charge in [0.2, 0.25) is 0 Å². The van der Waals surface area contributed by atoms with E-state index >= 15 is 0 Å². The molecule has 0 N–H and O–H groups in total. The van der Waals surface area contributed by atoms with Gasteiger partial charge in [0.1, 0.15) is 0 Å². The molecule has 52 heavy (non-hydrogen) atoms. The van der Waals surface area contributed by atoms with E-state index in [2.05, 4.69) is 169 Å². The summed E-state index contributed by atoms with van der Waals surface area (Å²) >= 11 is 0. The van der Waals surface area contributed by atoms with Crippen molar-refractivity contribution in [1.29, 1.82) is 0 Å². The van der Waals surface area contributed by atoms with Crippen molar-refractivity contribution in [3.63, 3.8) is 0 Å². The average molecular weight is 670 g/mol. The van der Waals surface area contributed by atoms with Crippen LogP contribution in [0.3, 0.4) is 0 Å². The van der Waals surface area contributed by atoms with E-state index in [0.29, 0.717) is 5.75 Å². The zero-order chi connectivity index (χ0) is 34.2. The van der Waals surface area contributed by atoms with Gasteiger partial charge in [-0.1, -0.05) is 115 Å². The summed E-state index contributed by atoms with van der Waals surface area (Å²) in [5.74, 6) is 2.94. The highest BCUT2D eigenvalue weighted by Crippen LogP contribution is 2.65. The molecule has 5 aliphatic rings. The smallest absolute Gasteiger partial charge is 0.172 e. The van der Waals surface area contributed by atoms with Crippen molar-refractivity contribution in [2.45, 2.75) is 31.1 Å². The van der Waals surface area contributed by atoms with Crippen LogP contribution in [0.2, 0.25) is 0 Å². The van der Waals surface area contributed by atoms with Gasteiger partial charge in [0.05, 0.1) is 11.1 Å². The maximum Gasteiger partial charge on any atom is 0.172 e. The Kier molecular flexibility index (Phi) is 6.42. The van der Waals surface area contributed by atoms with Crippen molar-refractivity contribution in [3.8, 4) is 45.3 Å². The van der Waals surface area contributed by atoms with Crippen LogP contribution in [0.4, 0.5) is 11.4 Å². The Morgan fingerprint density at radius 3 is 2.06 bits per heavy atom. The molecule has 0 saturated heterocycles. The van der Waals surface area contributed by atoms with Crippen molar-refractivity contribution < 1.29 is 9.47 Å². The Hall–Kier alpha value is -6.32. The van der Waals surface area contributed by atoms with Crippen LogP contribution in [-0.4, -0.2) is 0 Å². The second-order valence-electron chi connectivity index (χ2n) is 14.2. The van der Waals surface area contributed by atoms with Gasteiger partial charge in [-0.3, -0.25) is 0 Å². The molecule has 6 aromatic carbocycles. The predicted octanol–water partition coefficient (Wildman–Crippen LogP) is 13.1. The summed E-state index contributed by atoms with van der Waals surface area (Å²) in [6, 6.07) is 48.1. The molecule has 3 nitrogen and oxygen atoms in total. The van der Waals surface area contributed by atoms with Gasteiger partial charge in [-0.05, 0) is 124 Å². The first kappa shape index (κ1) is 29.4. The third-order valence-electron chi connectivity index (χ3n) is 11.4. The van der Waals surface area contributed by atoms with Gasteiger partial charge in [0, 0.05) is 17.5 Å². The van der Waals surface area contributed by atoms with Crippen LogP contribution in [-0.2, 0) is 5.41 Å². The molecule has 0 saturated carbocycles. The lowest BCUT2D eigenvalue weighted by atomic mass is 9.68. The van der Waals surface area contributed by atoms with Crippen molar-refractivity contribution in [2.24, 2.45) is 0 Å². The van der Waals surface area contributed by atoms with E-state index in [1.54, 1.807) is 0 Å². The van der Waals surface area contributed by atoms with E-state index in [4.69, 9.17) is 9.47 Å². The Morgan fingerprint density at radius 1 is 0.481 bits per heavy atom. The zero-order valence-corrected chi connectivity index (χ0v) is 28.7. The van der Waals surface area contributed by atoms with Crippen LogP contribution in [0.15, 0.2) is 175 Å². The molecule has 1 heterocycles. The zero-order valence-electron chi connectivity index (χ0n) is 28.7. The summed E-state index contributed by atoms with van der Waals surface area (Å²) in [4.78, 5) is 2.32. The van der Waals surface area contributed by atoms with E-state index in [9.17, 15) is 0 Å². The minimum atomic E-state index is -0.346. The van der Waals surface area contributed by atoms with Crippen molar-refractivity contribution in [3.05, 3.63) is 197 Å². The summed E-state index contributed by atoms with van der Waals surface area (Å²) < 4.78 is 13.6. The van der Waals surface area contributed by atoms with Crippen LogP contribution in [0, 0.1) is 0 Å². The second kappa shape index (κ2) is 11.3. The fourth-order valence-corrected chi connectivity index (χ4v) is 9.28. The quantitative estimate of drug-likeness (QED) is 0.186. The van der Waals surface area contributed by atoms with Gasteiger partial charge < -0.3 is 14.4 Å². The van der Waals surface area contributed by atoms with Gasteiger partial charge in [-0.25, -0.2) is 0 Å². The second-order valence-corrected chi connectivity index (χ2v) is 14.2. The van der Waals surface area contributed by atoms with Gasteiger partial charge >= 0.3 is 0 Å². The Balaban J connectivity index is 1.03. The van der Waals surface area contributed by atoms with E-state index in [1.807, 2.05) is 0 Å². The summed E-state index contributed by atoms with van der Waals surface area (Å²) in [7, 11) is 0. The molecule has 11 rings (SSSR count). The van der Waals surface area contributed by atoms with Gasteiger partial charge in [-0.15, -0.1) is 0 Å². The van der Waals surface area contributed by atoms with E-state index in [0.717, 1.165) is 60.0 Å². The molecule has 0 bridgehead atoms. The highest BCUT2D eigenvalue weighted by Gasteiger charge is 2.53. The SMILES string of the molecule is C1=CC(N(c2cccc(-c3ccccc3)c2)c2ccc3c(c2)Oc2cc4c(cc2O3)C2(C3=C(C=CCC3)c3ccccc32)c2ccccc2-4)=CCC1. The fourth-order valence-electron chi connectivity index (χ4n) is 9.28. The normalized spacial score (nSPS) is 18.3. The Labute approximate surface area is 304 Å². The monoisotopic (exact) mass is 669 g/mol. The third-order valence-corrected chi connectivity index (χ3v) is 11.4. The summed E-state index contributed by atoms with van der Waals surface area (Å²) in [5.41, 5.74) is 16.0. The molecular weight excluding hydrogens is 635 g/mol. The van der Waals surface area contributed by atoms with E-state index in [-0.39, 0.29) is 5.41 Å². The molecule has 0 radical (unpaired) electrons. The minimum absolute atomic E-state index is 0.346. The van der Waals surface area contributed by atoms with E-state index in [1.165, 1.54) is 55.7 Å². The average Bonchev–Trinajstić information content (AvgIpc) is 3.67. The number of hydrogen-bond donors (Lipinski definition) is 0. The summed E-state index contributed by atoms with van der Waals surface area (Å²) in [6.07, 6.45) is 15.6. The number of allylic oxidation sites excluding steroid dienone is 7. The number of ether oxygens (including phenoxy) is 2. The lowest BCUT2D eigenvalue weighted by Crippen LogP contribution is -2.27. The Morgan fingerprint density at radius 2 is 1.19 bits per heavy atom. The Bertz CT molecular complexity index is 2590. The topological polar surface area (TPSA) is 21.7 Å². The maximum absolute atomic E-state index is 6.84. The number of anilines is 2. The first-order valence-corrected chi connectivity index (χ1v) is 18.4. The molecular formula is C49H35NO2. The first-order chi connectivity index (χ1) is 25.8. The molecule has 4 aliphatic carbocycles. The van der Waals surface area contributed by atoms with Crippen molar-refractivity contribution in [1.82, 2.24) is 0 Å². The van der Waals surface area contributed by atoms with Gasteiger partial charge in [0.15, 0.2) is 23.0 Å². The van der Waals surface area contributed by atoms with E-state index < -0.39 is 0 Å². The van der Waals surface area contributed by atoms with Crippen LogP contribution in [0.1, 0.15) is 47.9 Å². The lowest BCUT2D eigenvalue weighted by Gasteiger charge is -2.34. The molecule has 6 aromatic rings. The molecule has 0 aromatic heterocycles. The maximum atomic E-state index is 6.84. The van der Waals surface area contributed by atoms with Gasteiger partial charge in [0.25, 0.3) is 0 Å². The number of nitrogens with zero attached hydrogens (tertiary/aromatic N) is 1. The van der Waals surface area contributed by atoms with Crippen LogP contribution in [0.5, 0.6) is 23.0 Å². The van der Waals surface area contributed by atoms with Crippen molar-refractivity contribution >= 4 is 16.9 Å². The molecule has 1 spiro atoms. The standard InChI is InChI=1S/C49H35NO2/c1-3-14-32(15-4-1)33-16-13-19-35(28-33)50(34-17-5-2-6-18-34)36-26-27-45-46(29-36)52-47-30-40-39-22-9-12-25-43(39)49(44(40)31-48(47)51-45)41-23-10-7-20-37(41)38-21-8-11-24-42(38)49/h1,3-5,7-10,12-23,25-31H,2,6,11,24H2. The highest BCUT2D eigenvalue weighted by molar-refractivity contribution is 5.97. The molecule has 0 amide bonds. The summed E-state index contributed by atoms with van der Waals surface area (Å²) in [5, 5.41) is 0. The molecule has 3 heteroatoms. The first-order valence-electron chi connectivity index (χ1n) is 18.4. The summed E-state index contributed by atoms with van der Waals surface area (Å²) in [6.45, 7) is 0. The number of rotatable bonds is 4. The van der Waals surface area contributed by atoms with Crippen molar-refractivity contribution in [2.75, 3.05) is 4.90 Å². The molecule has 0 fully saturated rings. The lowest BCUT2D eigenvalue weighted by molar-refractivity contribution is 0.359. The van der Waals surface area contributed by atoms with Crippen LogP contribution >= 0.6 is 0 Å². The minimum Gasteiger partial charge on any atom is -0.449 e. The predicted molar refractivity (Wildman–Crippen MR) is 211 cm³/mol. The molecule has 248 valence electrons. The fraction of sp³-hybridized carbons (Fsp3) is 0.102. The largest absolute Gasteiger partial charge is 0.449 e. The molecule has 1 atom stereocenters. The third kappa shape index (κ3) is 4.20. The van der Waals surface area contributed by atoms with Gasteiger partial charge in [-0.2, -0.15) is 0 Å². The highest BCUT2D eigenvalue weighted by atomic mass is 16.6. The van der Waals surface area contributed by atoms with Crippen LogP contribution in [0.25, 0.3) is 27.8 Å². The van der Waals surface area contributed by atoms with Crippen LogP contribution < -0.4 is 14.4 Å². The number of fused-ring (bicyclic) bond motifs is 11.